The Labute approximate surface area is 194 Å². The highest BCUT2D eigenvalue weighted by molar-refractivity contribution is 5.68. The maximum absolute atomic E-state index is 10.0. The number of aromatic hydroxyl groups is 2. The van der Waals surface area contributed by atoms with Gasteiger partial charge in [0.1, 0.15) is 23.0 Å². The quantitative estimate of drug-likeness (QED) is 0.295. The summed E-state index contributed by atoms with van der Waals surface area (Å²) in [5.74, 6) is 1.38. The van der Waals surface area contributed by atoms with E-state index in [1.165, 1.54) is 0 Å². The Bertz CT molecular complexity index is 1450. The van der Waals surface area contributed by atoms with Crippen molar-refractivity contribution in [2.45, 2.75) is 5.92 Å². The van der Waals surface area contributed by atoms with Crippen LogP contribution in [-0.2, 0) is 0 Å². The van der Waals surface area contributed by atoms with Gasteiger partial charge in [-0.15, -0.1) is 5.10 Å². The van der Waals surface area contributed by atoms with E-state index in [9.17, 15) is 10.2 Å². The Hall–Kier alpha value is -4.78. The van der Waals surface area contributed by atoms with Gasteiger partial charge in [-0.3, -0.25) is 0 Å². The van der Waals surface area contributed by atoms with E-state index >= 15 is 0 Å². The van der Waals surface area contributed by atoms with E-state index in [1.54, 1.807) is 24.3 Å². The summed E-state index contributed by atoms with van der Waals surface area (Å²) < 4.78 is 12.0. The van der Waals surface area contributed by atoms with Gasteiger partial charge in [-0.05, 0) is 35.9 Å². The van der Waals surface area contributed by atoms with Crippen molar-refractivity contribution in [2.75, 3.05) is 5.32 Å². The lowest BCUT2D eigenvalue weighted by atomic mass is 9.80. The fraction of sp³-hybridized carbons (Fsp3) is 0.0370. The van der Waals surface area contributed by atoms with Gasteiger partial charge in [-0.2, -0.15) is 0 Å². The summed E-state index contributed by atoms with van der Waals surface area (Å²) in [5.41, 5.74) is 4.31. The van der Waals surface area contributed by atoms with Crippen LogP contribution in [0.25, 0.3) is 11.5 Å². The van der Waals surface area contributed by atoms with Crippen molar-refractivity contribution < 1.29 is 19.4 Å². The van der Waals surface area contributed by atoms with E-state index in [0.29, 0.717) is 23.4 Å². The lowest BCUT2D eigenvalue weighted by Crippen LogP contribution is -2.12. The number of para-hydroxylation sites is 1. The van der Waals surface area contributed by atoms with Gasteiger partial charge in [0.05, 0.1) is 0 Å². The summed E-state index contributed by atoms with van der Waals surface area (Å²) in [6.07, 6.45) is 0. The fourth-order valence-corrected chi connectivity index (χ4v) is 4.29. The average molecular weight is 449 g/mol. The topological polar surface area (TPSA) is 101 Å². The van der Waals surface area contributed by atoms with E-state index in [-0.39, 0.29) is 17.4 Å². The second-order valence-corrected chi connectivity index (χ2v) is 7.97. The van der Waals surface area contributed by atoms with Crippen LogP contribution in [0.15, 0.2) is 95.4 Å². The van der Waals surface area contributed by atoms with Gasteiger partial charge in [0.15, 0.2) is 0 Å². The van der Waals surface area contributed by atoms with E-state index in [1.807, 2.05) is 66.7 Å². The van der Waals surface area contributed by atoms with Crippen molar-refractivity contribution in [1.29, 1.82) is 0 Å². The zero-order valence-corrected chi connectivity index (χ0v) is 17.8. The summed E-state index contributed by atoms with van der Waals surface area (Å²) in [6, 6.07) is 27.8. The first-order valence-corrected chi connectivity index (χ1v) is 10.7. The minimum Gasteiger partial charge on any atom is -0.508 e. The maximum Gasteiger partial charge on any atom is 0.320 e. The molecule has 0 bridgehead atoms. The number of rotatable bonds is 4. The van der Waals surface area contributed by atoms with Gasteiger partial charge in [-0.1, -0.05) is 53.6 Å². The molecule has 166 valence electrons. The number of phenols is 2. The number of hydrogen-bond donors (Lipinski definition) is 3. The highest BCUT2D eigenvalue weighted by Gasteiger charge is 2.31. The van der Waals surface area contributed by atoms with Crippen molar-refractivity contribution in [2.24, 2.45) is 0 Å². The molecule has 6 rings (SSSR count). The molecule has 0 radical (unpaired) electrons. The molecule has 3 N–H and O–H groups in total. The Morgan fingerprint density at radius 3 is 2.03 bits per heavy atom. The SMILES string of the molecule is Oc1ccc2c(c1)Oc1cc(O)ccc1C2c1ccccc1-c1nnc(Nc2ccccc2)o1. The Morgan fingerprint density at radius 1 is 0.676 bits per heavy atom. The highest BCUT2D eigenvalue weighted by Crippen LogP contribution is 2.50. The molecule has 0 spiro atoms. The number of nitrogens with zero attached hydrogens (tertiary/aromatic N) is 2. The molecule has 34 heavy (non-hydrogen) atoms. The van der Waals surface area contributed by atoms with Crippen molar-refractivity contribution in [3.8, 4) is 34.5 Å². The van der Waals surface area contributed by atoms with Crippen molar-refractivity contribution in [3.05, 3.63) is 108 Å². The maximum atomic E-state index is 10.0. The van der Waals surface area contributed by atoms with Crippen LogP contribution in [0, 0.1) is 0 Å². The van der Waals surface area contributed by atoms with E-state index in [4.69, 9.17) is 9.15 Å². The van der Waals surface area contributed by atoms with Crippen LogP contribution < -0.4 is 10.1 Å². The second kappa shape index (κ2) is 7.97. The molecule has 4 aromatic carbocycles. The third-order valence-electron chi connectivity index (χ3n) is 5.79. The number of ether oxygens (including phenoxy) is 1. The smallest absolute Gasteiger partial charge is 0.320 e. The molecule has 0 aliphatic carbocycles. The molecule has 0 atom stereocenters. The highest BCUT2D eigenvalue weighted by atomic mass is 16.5. The predicted molar refractivity (Wildman–Crippen MR) is 127 cm³/mol. The molecule has 1 aliphatic rings. The van der Waals surface area contributed by atoms with Gasteiger partial charge in [-0.25, -0.2) is 0 Å². The first-order chi connectivity index (χ1) is 16.7. The summed E-state index contributed by atoms with van der Waals surface area (Å²) in [7, 11) is 0. The Morgan fingerprint density at radius 2 is 1.32 bits per heavy atom. The molecule has 0 unspecified atom stereocenters. The number of phenolic OH excluding ortho intramolecular Hbond substituents is 2. The summed E-state index contributed by atoms with van der Waals surface area (Å²) in [4.78, 5) is 0. The van der Waals surface area contributed by atoms with Crippen LogP contribution in [0.1, 0.15) is 22.6 Å². The molecule has 1 aromatic heterocycles. The first-order valence-electron chi connectivity index (χ1n) is 10.7. The minimum atomic E-state index is -0.242. The molecule has 0 saturated heterocycles. The van der Waals surface area contributed by atoms with Gasteiger partial charge in [0, 0.05) is 40.4 Å². The lowest BCUT2D eigenvalue weighted by Gasteiger charge is -2.29. The number of aromatic nitrogens is 2. The number of hydrogen-bond acceptors (Lipinski definition) is 7. The van der Waals surface area contributed by atoms with Crippen LogP contribution >= 0.6 is 0 Å². The van der Waals surface area contributed by atoms with E-state index in [0.717, 1.165) is 27.9 Å². The molecule has 0 amide bonds. The minimum absolute atomic E-state index is 0.0999. The summed E-state index contributed by atoms with van der Waals surface area (Å²) >= 11 is 0. The molecule has 7 nitrogen and oxygen atoms in total. The van der Waals surface area contributed by atoms with Gasteiger partial charge < -0.3 is 24.7 Å². The largest absolute Gasteiger partial charge is 0.508 e. The molecule has 0 fully saturated rings. The predicted octanol–water partition coefficient (Wildman–Crippen LogP) is 6.18. The zero-order valence-electron chi connectivity index (χ0n) is 17.8. The van der Waals surface area contributed by atoms with E-state index in [2.05, 4.69) is 15.5 Å². The molecule has 5 aromatic rings. The van der Waals surface area contributed by atoms with Crippen molar-refractivity contribution >= 4 is 11.7 Å². The third kappa shape index (κ3) is 3.49. The number of benzene rings is 4. The van der Waals surface area contributed by atoms with Crippen molar-refractivity contribution in [1.82, 2.24) is 10.2 Å². The lowest BCUT2D eigenvalue weighted by molar-refractivity contribution is 0.428. The number of fused-ring (bicyclic) bond motifs is 2. The Balaban J connectivity index is 1.47. The molecular formula is C27H19N3O4. The average Bonchev–Trinajstić information content (AvgIpc) is 3.31. The standard InChI is InChI=1S/C27H19N3O4/c31-17-10-12-21-23(14-17)33-24-15-18(32)11-13-22(24)25(21)19-8-4-5-9-20(19)26-29-30-27(34-26)28-16-6-2-1-3-7-16/h1-15,25,31-32H,(H,28,30). The van der Waals surface area contributed by atoms with Crippen LogP contribution in [0.2, 0.25) is 0 Å². The van der Waals surface area contributed by atoms with Crippen LogP contribution in [0.4, 0.5) is 11.7 Å². The molecule has 2 heterocycles. The third-order valence-corrected chi connectivity index (χ3v) is 5.79. The number of nitrogens with one attached hydrogen (secondary N) is 1. The monoisotopic (exact) mass is 449 g/mol. The van der Waals surface area contributed by atoms with Crippen molar-refractivity contribution in [3.63, 3.8) is 0 Å². The number of anilines is 2. The zero-order chi connectivity index (χ0) is 23.1. The second-order valence-electron chi connectivity index (χ2n) is 7.97. The fourth-order valence-electron chi connectivity index (χ4n) is 4.29. The summed E-state index contributed by atoms with van der Waals surface area (Å²) in [6.45, 7) is 0. The Kier molecular flexibility index (Phi) is 4.66. The normalized spacial score (nSPS) is 12.5. The van der Waals surface area contributed by atoms with Gasteiger partial charge in [0.25, 0.3) is 0 Å². The molecule has 7 heteroatoms. The van der Waals surface area contributed by atoms with Crippen LogP contribution in [0.3, 0.4) is 0 Å². The van der Waals surface area contributed by atoms with Gasteiger partial charge >= 0.3 is 6.01 Å². The van der Waals surface area contributed by atoms with E-state index < -0.39 is 0 Å². The van der Waals surface area contributed by atoms with Crippen LogP contribution in [-0.4, -0.2) is 20.4 Å². The summed E-state index contributed by atoms with van der Waals surface area (Å²) in [5, 5.41) is 31.6. The van der Waals surface area contributed by atoms with Crippen LogP contribution in [0.5, 0.6) is 23.0 Å². The van der Waals surface area contributed by atoms with Gasteiger partial charge in [0.2, 0.25) is 5.89 Å². The first kappa shape index (κ1) is 19.9. The molecular weight excluding hydrogens is 430 g/mol. The molecule has 1 aliphatic heterocycles. The molecule has 0 saturated carbocycles.